The minimum absolute atomic E-state index is 0.160. The van der Waals surface area contributed by atoms with E-state index in [4.69, 9.17) is 5.11 Å². The Balaban J connectivity index is 2.57. The third-order valence-electron chi connectivity index (χ3n) is 1.27. The maximum Gasteiger partial charge on any atom is 0.319 e. The fourth-order valence-corrected chi connectivity index (χ4v) is 1.60. The van der Waals surface area contributed by atoms with Gasteiger partial charge in [-0.1, -0.05) is 0 Å². The fourth-order valence-electron chi connectivity index (χ4n) is 0.701. The number of nitrogens with zero attached hydrogens (tertiary/aromatic N) is 1. The van der Waals surface area contributed by atoms with Gasteiger partial charge in [-0.2, -0.15) is 0 Å². The van der Waals surface area contributed by atoms with E-state index < -0.39 is 11.2 Å². The molecule has 0 aromatic carbocycles. The standard InChI is InChI=1S/C5H7NO3S/c1-6-2-3(4(7)8)10-5(6)9/h3H,2H2,1H3,(H,7,8). The molecule has 1 fully saturated rings. The minimum Gasteiger partial charge on any atom is -0.480 e. The van der Waals surface area contributed by atoms with Gasteiger partial charge in [0.05, 0.1) is 0 Å². The maximum absolute atomic E-state index is 10.7. The molecular weight excluding hydrogens is 154 g/mol. The molecule has 10 heavy (non-hydrogen) atoms. The summed E-state index contributed by atoms with van der Waals surface area (Å²) in [5.41, 5.74) is 0. The number of carbonyl (C=O) groups excluding carboxylic acids is 1. The zero-order valence-electron chi connectivity index (χ0n) is 5.40. The topological polar surface area (TPSA) is 57.6 Å². The molecule has 1 aliphatic rings. The second kappa shape index (κ2) is 2.49. The van der Waals surface area contributed by atoms with E-state index in [1.165, 1.54) is 4.90 Å². The Morgan fingerprint density at radius 1 is 1.90 bits per heavy atom. The van der Waals surface area contributed by atoms with Gasteiger partial charge < -0.3 is 10.0 Å². The van der Waals surface area contributed by atoms with Crippen LogP contribution in [0.25, 0.3) is 0 Å². The molecule has 1 unspecified atom stereocenters. The van der Waals surface area contributed by atoms with Crippen molar-refractivity contribution in [2.45, 2.75) is 5.25 Å². The Kier molecular flexibility index (Phi) is 1.85. The maximum atomic E-state index is 10.7. The van der Waals surface area contributed by atoms with Gasteiger partial charge in [0.25, 0.3) is 5.24 Å². The molecule has 56 valence electrons. The average Bonchev–Trinajstić information content (AvgIpc) is 2.13. The molecule has 0 radical (unpaired) electrons. The molecule has 1 atom stereocenters. The summed E-state index contributed by atoms with van der Waals surface area (Å²) in [6.45, 7) is 0.318. The van der Waals surface area contributed by atoms with Gasteiger partial charge in [0.1, 0.15) is 5.25 Å². The first-order valence-corrected chi connectivity index (χ1v) is 3.64. The summed E-state index contributed by atoms with van der Waals surface area (Å²) in [6.07, 6.45) is 0. The number of carbonyl (C=O) groups is 2. The van der Waals surface area contributed by atoms with E-state index >= 15 is 0 Å². The lowest BCUT2D eigenvalue weighted by molar-refractivity contribution is -0.136. The van der Waals surface area contributed by atoms with Crippen LogP contribution in [-0.4, -0.2) is 40.1 Å². The summed E-state index contributed by atoms with van der Waals surface area (Å²) in [7, 11) is 1.60. The highest BCUT2D eigenvalue weighted by atomic mass is 32.2. The average molecular weight is 161 g/mol. The zero-order chi connectivity index (χ0) is 7.72. The third-order valence-corrected chi connectivity index (χ3v) is 2.42. The van der Waals surface area contributed by atoms with Crippen molar-refractivity contribution in [3.05, 3.63) is 0 Å². The Bertz CT molecular complexity index is 182. The second-order valence-corrected chi connectivity index (χ2v) is 3.25. The molecule has 0 bridgehead atoms. The van der Waals surface area contributed by atoms with Gasteiger partial charge in [0, 0.05) is 13.6 Å². The predicted molar refractivity (Wildman–Crippen MR) is 37.0 cm³/mol. The lowest BCUT2D eigenvalue weighted by Gasteiger charge is -2.03. The molecular formula is C5H7NO3S. The molecule has 1 aliphatic heterocycles. The Morgan fingerprint density at radius 3 is 2.70 bits per heavy atom. The van der Waals surface area contributed by atoms with Crippen molar-refractivity contribution in [2.24, 2.45) is 0 Å². The van der Waals surface area contributed by atoms with Crippen molar-refractivity contribution < 1.29 is 14.7 Å². The number of hydrogen-bond donors (Lipinski definition) is 1. The van der Waals surface area contributed by atoms with Gasteiger partial charge in [-0.3, -0.25) is 9.59 Å². The van der Waals surface area contributed by atoms with Gasteiger partial charge in [-0.25, -0.2) is 0 Å². The molecule has 4 nitrogen and oxygen atoms in total. The molecule has 0 spiro atoms. The number of hydrogen-bond acceptors (Lipinski definition) is 3. The highest BCUT2D eigenvalue weighted by Gasteiger charge is 2.32. The van der Waals surface area contributed by atoms with Crippen LogP contribution in [0.1, 0.15) is 0 Å². The summed E-state index contributed by atoms with van der Waals surface area (Å²) in [4.78, 5) is 22.4. The molecule has 0 aromatic rings. The highest BCUT2D eigenvalue weighted by Crippen LogP contribution is 2.23. The third kappa shape index (κ3) is 1.23. The van der Waals surface area contributed by atoms with Crippen LogP contribution in [0.2, 0.25) is 0 Å². The van der Waals surface area contributed by atoms with Crippen LogP contribution >= 0.6 is 11.8 Å². The largest absolute Gasteiger partial charge is 0.480 e. The molecule has 0 saturated carbocycles. The summed E-state index contributed by atoms with van der Waals surface area (Å²) in [6, 6.07) is 0. The van der Waals surface area contributed by atoms with Gasteiger partial charge in [0.15, 0.2) is 0 Å². The molecule has 0 aliphatic carbocycles. The number of rotatable bonds is 1. The second-order valence-electron chi connectivity index (χ2n) is 2.09. The molecule has 1 amide bonds. The van der Waals surface area contributed by atoms with Crippen LogP contribution in [0.4, 0.5) is 4.79 Å². The molecule has 1 rings (SSSR count). The predicted octanol–water partition coefficient (Wildman–Crippen LogP) is 0.238. The highest BCUT2D eigenvalue weighted by molar-refractivity contribution is 8.15. The number of amides is 1. The summed E-state index contributed by atoms with van der Waals surface area (Å²) < 4.78 is 0. The summed E-state index contributed by atoms with van der Waals surface area (Å²) in [5.74, 6) is -0.914. The molecule has 0 aromatic heterocycles. The van der Waals surface area contributed by atoms with E-state index in [-0.39, 0.29) is 5.24 Å². The Hall–Kier alpha value is -0.710. The normalized spacial score (nSPS) is 25.5. The van der Waals surface area contributed by atoms with E-state index in [9.17, 15) is 9.59 Å². The number of aliphatic carboxylic acids is 1. The SMILES string of the molecule is CN1CC(C(=O)O)SC1=O. The minimum atomic E-state index is -0.914. The quantitative estimate of drug-likeness (QED) is 0.598. The Labute approximate surface area is 62.2 Å². The van der Waals surface area contributed by atoms with Crippen molar-refractivity contribution >= 4 is 23.0 Å². The van der Waals surface area contributed by atoms with Crippen LogP contribution in [0, 0.1) is 0 Å². The van der Waals surface area contributed by atoms with Crippen molar-refractivity contribution in [3.8, 4) is 0 Å². The summed E-state index contributed by atoms with van der Waals surface area (Å²) in [5, 5.41) is 7.72. The molecule has 1 N–H and O–H groups in total. The van der Waals surface area contributed by atoms with E-state index in [1.54, 1.807) is 7.05 Å². The van der Waals surface area contributed by atoms with Gasteiger partial charge in [-0.05, 0) is 11.8 Å². The van der Waals surface area contributed by atoms with Crippen LogP contribution in [0.3, 0.4) is 0 Å². The molecule has 1 heterocycles. The smallest absolute Gasteiger partial charge is 0.319 e. The van der Waals surface area contributed by atoms with Crippen molar-refractivity contribution in [2.75, 3.05) is 13.6 Å². The molecule has 5 heteroatoms. The van der Waals surface area contributed by atoms with E-state index in [1.807, 2.05) is 0 Å². The Morgan fingerprint density at radius 2 is 2.50 bits per heavy atom. The zero-order valence-corrected chi connectivity index (χ0v) is 6.22. The van der Waals surface area contributed by atoms with Crippen LogP contribution < -0.4 is 0 Å². The van der Waals surface area contributed by atoms with Gasteiger partial charge >= 0.3 is 5.97 Å². The van der Waals surface area contributed by atoms with Crippen molar-refractivity contribution in [1.29, 1.82) is 0 Å². The van der Waals surface area contributed by atoms with Gasteiger partial charge in [-0.15, -0.1) is 0 Å². The first-order valence-electron chi connectivity index (χ1n) is 2.76. The lowest BCUT2D eigenvalue weighted by Crippen LogP contribution is -2.23. The summed E-state index contributed by atoms with van der Waals surface area (Å²) >= 11 is 0.869. The van der Waals surface area contributed by atoms with Gasteiger partial charge in [0.2, 0.25) is 0 Å². The first kappa shape index (κ1) is 7.40. The number of carboxylic acid groups (broad SMARTS) is 1. The monoisotopic (exact) mass is 161 g/mol. The van der Waals surface area contributed by atoms with Crippen molar-refractivity contribution in [1.82, 2.24) is 4.90 Å². The van der Waals surface area contributed by atoms with E-state index in [2.05, 4.69) is 0 Å². The number of thioether (sulfide) groups is 1. The van der Waals surface area contributed by atoms with Crippen molar-refractivity contribution in [3.63, 3.8) is 0 Å². The van der Waals surface area contributed by atoms with E-state index in [0.29, 0.717) is 6.54 Å². The number of carboxylic acids is 1. The van der Waals surface area contributed by atoms with Crippen LogP contribution in [-0.2, 0) is 4.79 Å². The lowest BCUT2D eigenvalue weighted by atomic mass is 10.4. The van der Waals surface area contributed by atoms with Crippen LogP contribution in [0.5, 0.6) is 0 Å². The molecule has 1 saturated heterocycles. The first-order chi connectivity index (χ1) is 4.61. The van der Waals surface area contributed by atoms with E-state index in [0.717, 1.165) is 11.8 Å². The fraction of sp³-hybridized carbons (Fsp3) is 0.600. The van der Waals surface area contributed by atoms with Crippen LogP contribution in [0.15, 0.2) is 0 Å².